The highest BCUT2D eigenvalue weighted by Crippen LogP contribution is 2.31. The van der Waals surface area contributed by atoms with Crippen LogP contribution in [0.3, 0.4) is 0 Å². The maximum atomic E-state index is 3.54. The molecule has 0 N–H and O–H groups in total. The highest BCUT2D eigenvalue weighted by atomic mass is 79.9. The molecule has 109 valence electrons. The van der Waals surface area contributed by atoms with E-state index in [-0.39, 0.29) is 0 Å². The average molecular weight is 358 g/mol. The third-order valence-corrected chi connectivity index (χ3v) is 4.74. The van der Waals surface area contributed by atoms with Crippen molar-refractivity contribution in [1.82, 2.24) is 0 Å². The van der Waals surface area contributed by atoms with Gasteiger partial charge < -0.3 is 0 Å². The fourth-order valence-corrected chi connectivity index (χ4v) is 3.41. The highest BCUT2D eigenvalue weighted by molar-refractivity contribution is 9.10. The van der Waals surface area contributed by atoms with Gasteiger partial charge in [-0.05, 0) is 51.2 Å². The molecule has 3 aromatic rings. The van der Waals surface area contributed by atoms with E-state index in [9.17, 15) is 0 Å². The Hall–Kier alpha value is -2.06. The van der Waals surface area contributed by atoms with E-state index in [1.807, 2.05) is 0 Å². The number of halogens is 1. The fraction of sp³-hybridized carbons (Fsp3) is 0.0476. The molecule has 0 unspecified atom stereocenters. The minimum atomic E-state index is 0.984. The van der Waals surface area contributed by atoms with Gasteiger partial charge in [0.25, 0.3) is 0 Å². The van der Waals surface area contributed by atoms with Crippen LogP contribution in [0.25, 0.3) is 21.9 Å². The van der Waals surface area contributed by atoms with Crippen molar-refractivity contribution in [2.75, 3.05) is 0 Å². The number of hydrogen-bond acceptors (Lipinski definition) is 0. The molecule has 2 heteroatoms. The van der Waals surface area contributed by atoms with Gasteiger partial charge in [-0.2, -0.15) is 0 Å². The summed E-state index contributed by atoms with van der Waals surface area (Å²) < 4.78 is 1.12. The van der Waals surface area contributed by atoms with Gasteiger partial charge in [0.05, 0.1) is 0 Å². The normalized spacial score (nSPS) is 14.1. The van der Waals surface area contributed by atoms with Crippen LogP contribution >= 0.6 is 15.9 Å². The summed E-state index contributed by atoms with van der Waals surface area (Å²) in [6.07, 6.45) is 3.30. The summed E-state index contributed by atoms with van der Waals surface area (Å²) in [7, 11) is 2.25. The Bertz CT molecular complexity index is 923. The molecule has 0 aromatic heterocycles. The molecule has 4 rings (SSSR count). The van der Waals surface area contributed by atoms with Crippen LogP contribution in [0.4, 0.5) is 0 Å². The van der Waals surface area contributed by atoms with Crippen LogP contribution in [0.5, 0.6) is 0 Å². The minimum Gasteiger partial charge on any atom is -0.115 e. The summed E-state index contributed by atoms with van der Waals surface area (Å²) in [5, 5.41) is 2.55. The summed E-state index contributed by atoms with van der Waals surface area (Å²) in [4.78, 5) is 0. The first-order valence-electron chi connectivity index (χ1n) is 7.79. The van der Waals surface area contributed by atoms with Crippen LogP contribution in [-0.2, 0) is 0 Å². The second kappa shape index (κ2) is 6.21. The molecule has 0 atom stereocenters. The molecule has 3 aromatic carbocycles. The van der Waals surface area contributed by atoms with E-state index in [1.165, 1.54) is 33.0 Å². The van der Waals surface area contributed by atoms with E-state index in [0.29, 0.717) is 0 Å². The van der Waals surface area contributed by atoms with Gasteiger partial charge in [0.2, 0.25) is 0 Å². The van der Waals surface area contributed by atoms with E-state index < -0.39 is 0 Å². The monoisotopic (exact) mass is 357 g/mol. The third kappa shape index (κ3) is 3.04. The molecular weight excluding hydrogens is 343 g/mol. The van der Waals surface area contributed by atoms with Crippen molar-refractivity contribution in [2.24, 2.45) is 0 Å². The zero-order valence-electron chi connectivity index (χ0n) is 12.7. The predicted octanol–water partition coefficient (Wildman–Crippen LogP) is 6.16. The summed E-state index contributed by atoms with van der Waals surface area (Å²) in [6.45, 7) is 0. The number of benzene rings is 3. The van der Waals surface area contributed by atoms with Gasteiger partial charge in [-0.15, -0.1) is 5.98 Å². The van der Waals surface area contributed by atoms with Gasteiger partial charge in [-0.25, -0.2) is 0 Å². The summed E-state index contributed by atoms with van der Waals surface area (Å²) in [5.74, 6) is 2.22. The average Bonchev–Trinajstić information content (AvgIpc) is 2.62. The fourth-order valence-electron chi connectivity index (χ4n) is 3.04. The van der Waals surface area contributed by atoms with Gasteiger partial charge in [0.1, 0.15) is 7.28 Å². The van der Waals surface area contributed by atoms with Crippen molar-refractivity contribution in [3.8, 4) is 0 Å². The standard InChI is InChI=1S/C21H15BBr/c23-21-9-8-16-10-17(6-7-18(16)12-21)20-11-19(13-22-14-20)15-4-2-1-3-5-15/h1-13H,14H2. The van der Waals surface area contributed by atoms with Crippen LogP contribution in [-0.4, -0.2) is 7.28 Å². The van der Waals surface area contributed by atoms with Gasteiger partial charge in [0, 0.05) is 4.47 Å². The largest absolute Gasteiger partial charge is 0.147 e. The molecule has 0 saturated carbocycles. The van der Waals surface area contributed by atoms with E-state index in [2.05, 4.69) is 102 Å². The van der Waals surface area contributed by atoms with E-state index in [0.717, 1.165) is 10.8 Å². The van der Waals surface area contributed by atoms with Crippen LogP contribution in [0.15, 0.2) is 83.3 Å². The lowest BCUT2D eigenvalue weighted by molar-refractivity contribution is 1.55. The molecule has 1 aliphatic heterocycles. The quantitative estimate of drug-likeness (QED) is 0.481. The number of fused-ring (bicyclic) bond motifs is 1. The number of hydrogen-bond donors (Lipinski definition) is 0. The highest BCUT2D eigenvalue weighted by Gasteiger charge is 2.10. The van der Waals surface area contributed by atoms with Crippen molar-refractivity contribution in [2.45, 2.75) is 6.32 Å². The Kier molecular flexibility index (Phi) is 3.93. The zero-order chi connectivity index (χ0) is 15.6. The van der Waals surface area contributed by atoms with Crippen molar-refractivity contribution in [3.05, 3.63) is 94.4 Å². The molecule has 0 fully saturated rings. The Morgan fingerprint density at radius 1 is 0.783 bits per heavy atom. The topological polar surface area (TPSA) is 0 Å². The maximum Gasteiger partial charge on any atom is 0.147 e. The molecular formula is C21H15BBr. The molecule has 0 bridgehead atoms. The lowest BCUT2D eigenvalue weighted by Crippen LogP contribution is -1.98. The molecule has 1 heterocycles. The van der Waals surface area contributed by atoms with Crippen LogP contribution in [0, 0.1) is 0 Å². The first kappa shape index (κ1) is 14.5. The minimum absolute atomic E-state index is 0.984. The van der Waals surface area contributed by atoms with Crippen molar-refractivity contribution in [3.63, 3.8) is 0 Å². The lowest BCUT2D eigenvalue weighted by atomic mass is 9.65. The maximum absolute atomic E-state index is 3.54. The SMILES string of the molecule is Brc1ccc2cc(C3=CC(c4ccccc4)=C[B]C3)ccc2c1. The lowest BCUT2D eigenvalue weighted by Gasteiger charge is -2.15. The van der Waals surface area contributed by atoms with Crippen LogP contribution in [0.2, 0.25) is 6.32 Å². The predicted molar refractivity (Wildman–Crippen MR) is 105 cm³/mol. The van der Waals surface area contributed by atoms with Gasteiger partial charge in [-0.3, -0.25) is 0 Å². The van der Waals surface area contributed by atoms with E-state index in [4.69, 9.17) is 0 Å². The van der Waals surface area contributed by atoms with E-state index >= 15 is 0 Å². The van der Waals surface area contributed by atoms with Crippen molar-refractivity contribution < 1.29 is 0 Å². The number of allylic oxidation sites excluding steroid dienone is 3. The Morgan fingerprint density at radius 3 is 2.43 bits per heavy atom. The smallest absolute Gasteiger partial charge is 0.115 e. The molecule has 23 heavy (non-hydrogen) atoms. The summed E-state index contributed by atoms with van der Waals surface area (Å²) in [6, 6.07) is 23.7. The molecule has 0 saturated heterocycles. The Balaban J connectivity index is 1.74. The first-order valence-corrected chi connectivity index (χ1v) is 8.58. The number of rotatable bonds is 2. The third-order valence-electron chi connectivity index (χ3n) is 4.25. The van der Waals surface area contributed by atoms with E-state index in [1.54, 1.807) is 0 Å². The van der Waals surface area contributed by atoms with Gasteiger partial charge in [0.15, 0.2) is 0 Å². The Labute approximate surface area is 145 Å². The Morgan fingerprint density at radius 2 is 1.57 bits per heavy atom. The van der Waals surface area contributed by atoms with Crippen LogP contribution in [0.1, 0.15) is 11.1 Å². The van der Waals surface area contributed by atoms with Gasteiger partial charge >= 0.3 is 0 Å². The molecule has 0 spiro atoms. The van der Waals surface area contributed by atoms with Crippen molar-refractivity contribution >= 4 is 45.1 Å². The first-order chi connectivity index (χ1) is 11.3. The second-order valence-electron chi connectivity index (χ2n) is 5.80. The second-order valence-corrected chi connectivity index (χ2v) is 6.72. The zero-order valence-corrected chi connectivity index (χ0v) is 14.3. The van der Waals surface area contributed by atoms with Gasteiger partial charge in [-0.1, -0.05) is 76.9 Å². The summed E-state index contributed by atoms with van der Waals surface area (Å²) >= 11 is 3.54. The molecule has 0 amide bonds. The summed E-state index contributed by atoms with van der Waals surface area (Å²) in [5.41, 5.74) is 5.22. The van der Waals surface area contributed by atoms with Crippen molar-refractivity contribution in [1.29, 1.82) is 0 Å². The molecule has 1 aliphatic rings. The molecule has 0 nitrogen and oxygen atoms in total. The van der Waals surface area contributed by atoms with Crippen LogP contribution < -0.4 is 0 Å². The molecule has 0 aliphatic carbocycles. The molecule has 1 radical (unpaired) electrons.